The highest BCUT2D eigenvalue weighted by atomic mass is 16.5. The van der Waals surface area contributed by atoms with E-state index in [0.29, 0.717) is 29.6 Å². The molecule has 0 saturated carbocycles. The predicted molar refractivity (Wildman–Crippen MR) is 107 cm³/mol. The first-order valence-corrected chi connectivity index (χ1v) is 9.52. The summed E-state index contributed by atoms with van der Waals surface area (Å²) in [6.07, 6.45) is 4.97. The molecule has 3 heterocycles. The fraction of sp³-hybridized carbons (Fsp3) is 0.273. The number of aromatic nitrogens is 3. The zero-order chi connectivity index (χ0) is 20.2. The molecule has 0 bridgehead atoms. The second kappa shape index (κ2) is 8.26. The summed E-state index contributed by atoms with van der Waals surface area (Å²) in [4.78, 5) is 28.0. The van der Waals surface area contributed by atoms with Crippen LogP contribution < -0.4 is 9.47 Å². The minimum absolute atomic E-state index is 0.0525. The normalized spacial score (nSPS) is 15.9. The molecule has 148 valence electrons. The van der Waals surface area contributed by atoms with Gasteiger partial charge in [0.2, 0.25) is 5.88 Å². The summed E-state index contributed by atoms with van der Waals surface area (Å²) in [5.74, 6) is 2.42. The van der Waals surface area contributed by atoms with E-state index in [-0.39, 0.29) is 11.9 Å². The van der Waals surface area contributed by atoms with E-state index in [9.17, 15) is 4.79 Å². The van der Waals surface area contributed by atoms with Gasteiger partial charge in [0, 0.05) is 30.7 Å². The molecule has 1 aromatic carbocycles. The maximum absolute atomic E-state index is 12.9. The number of carbonyl (C=O) groups is 1. The lowest BCUT2D eigenvalue weighted by molar-refractivity contribution is 0.0728. The first-order valence-electron chi connectivity index (χ1n) is 9.52. The molecule has 3 aromatic rings. The van der Waals surface area contributed by atoms with Crippen LogP contribution in [-0.2, 0) is 0 Å². The van der Waals surface area contributed by atoms with Crippen LogP contribution in [0.5, 0.6) is 17.4 Å². The first-order chi connectivity index (χ1) is 14.1. The molecule has 7 nitrogen and oxygen atoms in total. The number of amides is 1. The summed E-state index contributed by atoms with van der Waals surface area (Å²) in [7, 11) is 1.62. The summed E-state index contributed by atoms with van der Waals surface area (Å²) < 4.78 is 11.1. The molecule has 0 aliphatic carbocycles. The van der Waals surface area contributed by atoms with Crippen molar-refractivity contribution in [1.82, 2.24) is 19.9 Å². The number of aryl methyl sites for hydroxylation is 1. The molecule has 1 atom stereocenters. The summed E-state index contributed by atoms with van der Waals surface area (Å²) in [5.41, 5.74) is 1.36. The molecule has 0 spiro atoms. The van der Waals surface area contributed by atoms with Gasteiger partial charge in [0.05, 0.1) is 18.7 Å². The quantitative estimate of drug-likeness (QED) is 0.656. The third kappa shape index (κ3) is 4.18. The third-order valence-corrected chi connectivity index (χ3v) is 4.85. The molecule has 1 fully saturated rings. The van der Waals surface area contributed by atoms with E-state index in [1.54, 1.807) is 37.7 Å². The molecule has 0 radical (unpaired) electrons. The molecule has 4 rings (SSSR count). The Morgan fingerprint density at radius 3 is 2.66 bits per heavy atom. The molecular weight excluding hydrogens is 368 g/mol. The van der Waals surface area contributed by atoms with Gasteiger partial charge in [0.1, 0.15) is 11.5 Å². The van der Waals surface area contributed by atoms with Gasteiger partial charge in [-0.05, 0) is 56.2 Å². The average Bonchev–Trinajstić information content (AvgIpc) is 3.24. The van der Waals surface area contributed by atoms with Crippen LogP contribution in [0.2, 0.25) is 0 Å². The molecule has 1 aliphatic heterocycles. The van der Waals surface area contributed by atoms with Crippen molar-refractivity contribution in [1.29, 1.82) is 0 Å². The second-order valence-electron chi connectivity index (χ2n) is 6.88. The van der Waals surface area contributed by atoms with Gasteiger partial charge < -0.3 is 14.4 Å². The van der Waals surface area contributed by atoms with Crippen molar-refractivity contribution >= 4 is 5.91 Å². The number of benzene rings is 1. The van der Waals surface area contributed by atoms with Crippen LogP contribution in [0.4, 0.5) is 0 Å². The molecule has 1 aliphatic rings. The van der Waals surface area contributed by atoms with Crippen LogP contribution in [0.1, 0.15) is 40.8 Å². The Hall–Kier alpha value is -3.48. The van der Waals surface area contributed by atoms with Crippen molar-refractivity contribution in [2.75, 3.05) is 13.7 Å². The van der Waals surface area contributed by atoms with E-state index >= 15 is 0 Å². The molecule has 2 aromatic heterocycles. The Labute approximate surface area is 169 Å². The van der Waals surface area contributed by atoms with E-state index in [4.69, 9.17) is 9.47 Å². The minimum atomic E-state index is -0.180. The van der Waals surface area contributed by atoms with Crippen LogP contribution >= 0.6 is 0 Å². The molecular formula is C22H22N4O3. The number of rotatable bonds is 5. The summed E-state index contributed by atoms with van der Waals surface area (Å²) in [6, 6.07) is 12.5. The van der Waals surface area contributed by atoms with E-state index in [1.165, 1.54) is 0 Å². The molecule has 29 heavy (non-hydrogen) atoms. The summed E-state index contributed by atoms with van der Waals surface area (Å²) in [5, 5.41) is 0. The number of hydrogen-bond donors (Lipinski definition) is 0. The van der Waals surface area contributed by atoms with Gasteiger partial charge >= 0.3 is 0 Å². The Bertz CT molecular complexity index is 993. The topological polar surface area (TPSA) is 77.4 Å². The molecule has 1 amide bonds. The fourth-order valence-corrected chi connectivity index (χ4v) is 3.46. The van der Waals surface area contributed by atoms with E-state index in [0.717, 1.165) is 24.3 Å². The van der Waals surface area contributed by atoms with Crippen molar-refractivity contribution in [3.8, 4) is 17.4 Å². The van der Waals surface area contributed by atoms with Gasteiger partial charge in [-0.1, -0.05) is 0 Å². The van der Waals surface area contributed by atoms with E-state index in [2.05, 4.69) is 15.0 Å². The molecule has 1 saturated heterocycles. The third-order valence-electron chi connectivity index (χ3n) is 4.85. The van der Waals surface area contributed by atoms with Gasteiger partial charge in [0.15, 0.2) is 5.82 Å². The largest absolute Gasteiger partial charge is 0.497 e. The van der Waals surface area contributed by atoms with Crippen LogP contribution in [-0.4, -0.2) is 39.4 Å². The number of nitrogens with zero attached hydrogens (tertiary/aromatic N) is 4. The molecule has 0 unspecified atom stereocenters. The van der Waals surface area contributed by atoms with Crippen LogP contribution in [0, 0.1) is 6.92 Å². The smallest absolute Gasteiger partial charge is 0.256 e. The number of ether oxygens (including phenoxy) is 2. The highest BCUT2D eigenvalue weighted by molar-refractivity contribution is 5.94. The monoisotopic (exact) mass is 390 g/mol. The fourth-order valence-electron chi connectivity index (χ4n) is 3.46. The lowest BCUT2D eigenvalue weighted by Crippen LogP contribution is -2.31. The second-order valence-corrected chi connectivity index (χ2v) is 6.88. The standard InChI is InChI=1S/C22H22N4O3/c1-15-13-20(29-18-9-7-17(28-2)8-10-18)25-21(24-15)19-6-4-12-26(19)22(27)16-5-3-11-23-14-16/h3,5,7-11,13-14,19H,4,6,12H2,1-2H3/t19-/m0/s1. The first kappa shape index (κ1) is 18.9. The maximum Gasteiger partial charge on any atom is 0.256 e. The number of methoxy groups -OCH3 is 1. The predicted octanol–water partition coefficient (Wildman–Crippen LogP) is 3.96. The van der Waals surface area contributed by atoms with Crippen LogP contribution in [0.15, 0.2) is 54.9 Å². The van der Waals surface area contributed by atoms with Crippen molar-refractivity contribution in [3.05, 3.63) is 71.9 Å². The highest BCUT2D eigenvalue weighted by Crippen LogP contribution is 2.33. The Morgan fingerprint density at radius 2 is 1.93 bits per heavy atom. The summed E-state index contributed by atoms with van der Waals surface area (Å²) in [6.45, 7) is 2.57. The Balaban J connectivity index is 1.58. The zero-order valence-corrected chi connectivity index (χ0v) is 16.4. The highest BCUT2D eigenvalue weighted by Gasteiger charge is 2.33. The number of pyridine rings is 1. The molecule has 7 heteroatoms. The maximum atomic E-state index is 12.9. The van der Waals surface area contributed by atoms with Crippen LogP contribution in [0.3, 0.4) is 0 Å². The number of carbonyl (C=O) groups excluding carboxylic acids is 1. The van der Waals surface area contributed by atoms with Gasteiger partial charge in [-0.25, -0.2) is 4.98 Å². The number of likely N-dealkylation sites (tertiary alicyclic amines) is 1. The number of hydrogen-bond acceptors (Lipinski definition) is 6. The van der Waals surface area contributed by atoms with Gasteiger partial charge in [-0.2, -0.15) is 4.98 Å². The Kier molecular flexibility index (Phi) is 5.37. The Morgan fingerprint density at radius 1 is 1.14 bits per heavy atom. The van der Waals surface area contributed by atoms with E-state index < -0.39 is 0 Å². The lowest BCUT2D eigenvalue weighted by Gasteiger charge is -2.24. The van der Waals surface area contributed by atoms with Crippen molar-refractivity contribution < 1.29 is 14.3 Å². The van der Waals surface area contributed by atoms with Crippen LogP contribution in [0.25, 0.3) is 0 Å². The van der Waals surface area contributed by atoms with Gasteiger partial charge in [-0.3, -0.25) is 9.78 Å². The summed E-state index contributed by atoms with van der Waals surface area (Å²) >= 11 is 0. The minimum Gasteiger partial charge on any atom is -0.497 e. The average molecular weight is 390 g/mol. The SMILES string of the molecule is COc1ccc(Oc2cc(C)nc([C@@H]3CCCN3C(=O)c3cccnc3)n2)cc1. The van der Waals surface area contributed by atoms with Gasteiger partial charge in [-0.15, -0.1) is 0 Å². The zero-order valence-electron chi connectivity index (χ0n) is 16.4. The van der Waals surface area contributed by atoms with E-state index in [1.807, 2.05) is 36.1 Å². The van der Waals surface area contributed by atoms with Crippen molar-refractivity contribution in [2.45, 2.75) is 25.8 Å². The lowest BCUT2D eigenvalue weighted by atomic mass is 10.1. The molecule has 0 N–H and O–H groups in total. The van der Waals surface area contributed by atoms with Crippen molar-refractivity contribution in [3.63, 3.8) is 0 Å². The van der Waals surface area contributed by atoms with Gasteiger partial charge in [0.25, 0.3) is 5.91 Å². The van der Waals surface area contributed by atoms with Crippen molar-refractivity contribution in [2.24, 2.45) is 0 Å².